The van der Waals surface area contributed by atoms with Crippen LogP contribution in [0.15, 0.2) is 23.4 Å². The van der Waals surface area contributed by atoms with Gasteiger partial charge in [0.2, 0.25) is 0 Å². The molecule has 8 nitrogen and oxygen atoms in total. The van der Waals surface area contributed by atoms with E-state index in [0.29, 0.717) is 29.1 Å². The number of rotatable bonds is 7. The predicted molar refractivity (Wildman–Crippen MR) is 98.4 cm³/mol. The van der Waals surface area contributed by atoms with Gasteiger partial charge in [-0.15, -0.1) is 0 Å². The molecule has 0 aromatic heterocycles. The number of amides is 1. The first kappa shape index (κ1) is 21.3. The Morgan fingerprint density at radius 3 is 2.58 bits per heavy atom. The van der Waals surface area contributed by atoms with Crippen molar-refractivity contribution in [3.63, 3.8) is 0 Å². The first-order chi connectivity index (χ1) is 12.2. The number of benzene rings is 1. The van der Waals surface area contributed by atoms with E-state index in [0.717, 1.165) is 0 Å². The van der Waals surface area contributed by atoms with Crippen molar-refractivity contribution in [2.45, 2.75) is 46.1 Å². The summed E-state index contributed by atoms with van der Waals surface area (Å²) in [5.41, 5.74) is 7.25. The first-order valence-electron chi connectivity index (χ1n) is 8.38. The Balaban J connectivity index is 2.74. The van der Waals surface area contributed by atoms with Crippen LogP contribution in [0.3, 0.4) is 0 Å². The van der Waals surface area contributed by atoms with Gasteiger partial charge in [0, 0.05) is 24.2 Å². The first-order valence-corrected chi connectivity index (χ1v) is 8.38. The molecule has 0 aliphatic carbocycles. The van der Waals surface area contributed by atoms with Crippen molar-refractivity contribution in [1.82, 2.24) is 5.32 Å². The van der Waals surface area contributed by atoms with E-state index in [1.54, 1.807) is 45.9 Å². The van der Waals surface area contributed by atoms with E-state index in [2.05, 4.69) is 10.5 Å². The quantitative estimate of drug-likeness (QED) is 0.224. The molecular formula is C18H27N3O5. The molecule has 0 atom stereocenters. The van der Waals surface area contributed by atoms with E-state index in [-0.39, 0.29) is 25.4 Å². The molecule has 0 spiro atoms. The fourth-order valence-corrected chi connectivity index (χ4v) is 2.18. The fraction of sp³-hybridized carbons (Fsp3) is 0.500. The molecule has 0 bridgehead atoms. The standard InChI is InChI=1S/C18H27N3O5/c1-5-25-16(22)11-12-6-7-14(19)13(10-12)15(21-24)8-9-20-17(23)26-18(2,3)4/h6-7,10,24H,5,8-9,11,19H2,1-4H3,(H,20,23). The van der Waals surface area contributed by atoms with Crippen LogP contribution in [-0.4, -0.2) is 41.7 Å². The van der Waals surface area contributed by atoms with E-state index in [4.69, 9.17) is 15.2 Å². The highest BCUT2D eigenvalue weighted by atomic mass is 16.6. The molecule has 4 N–H and O–H groups in total. The lowest BCUT2D eigenvalue weighted by molar-refractivity contribution is -0.142. The molecule has 144 valence electrons. The maximum Gasteiger partial charge on any atom is 0.407 e. The maximum atomic E-state index is 11.7. The molecule has 0 heterocycles. The van der Waals surface area contributed by atoms with Crippen LogP contribution in [0.1, 0.15) is 45.2 Å². The maximum absolute atomic E-state index is 11.7. The van der Waals surface area contributed by atoms with Crippen molar-refractivity contribution in [3.8, 4) is 0 Å². The lowest BCUT2D eigenvalue weighted by atomic mass is 10.0. The molecule has 0 aliphatic rings. The number of ether oxygens (including phenoxy) is 2. The van der Waals surface area contributed by atoms with Gasteiger partial charge in [-0.2, -0.15) is 0 Å². The number of carbonyl (C=O) groups is 2. The van der Waals surface area contributed by atoms with Gasteiger partial charge in [0.25, 0.3) is 0 Å². The summed E-state index contributed by atoms with van der Waals surface area (Å²) in [4.78, 5) is 23.3. The molecule has 0 unspecified atom stereocenters. The fourth-order valence-electron chi connectivity index (χ4n) is 2.18. The van der Waals surface area contributed by atoms with Gasteiger partial charge in [0.15, 0.2) is 0 Å². The van der Waals surface area contributed by atoms with E-state index in [1.165, 1.54) is 0 Å². The summed E-state index contributed by atoms with van der Waals surface area (Å²) >= 11 is 0. The normalized spacial score (nSPS) is 11.8. The van der Waals surface area contributed by atoms with Crippen LogP contribution >= 0.6 is 0 Å². The minimum Gasteiger partial charge on any atom is -0.466 e. The van der Waals surface area contributed by atoms with Gasteiger partial charge in [-0.05, 0) is 45.4 Å². The molecule has 0 aliphatic heterocycles. The molecule has 1 amide bonds. The predicted octanol–water partition coefficient (Wildman–Crippen LogP) is 2.47. The van der Waals surface area contributed by atoms with Crippen LogP contribution in [0.2, 0.25) is 0 Å². The van der Waals surface area contributed by atoms with Crippen molar-refractivity contribution in [1.29, 1.82) is 0 Å². The van der Waals surface area contributed by atoms with Gasteiger partial charge in [-0.1, -0.05) is 11.2 Å². The van der Waals surface area contributed by atoms with Crippen LogP contribution in [0.5, 0.6) is 0 Å². The Hall–Kier alpha value is -2.77. The number of nitrogen functional groups attached to an aromatic ring is 1. The molecule has 0 radical (unpaired) electrons. The Morgan fingerprint density at radius 1 is 1.31 bits per heavy atom. The summed E-state index contributed by atoms with van der Waals surface area (Å²) in [5.74, 6) is -0.350. The smallest absolute Gasteiger partial charge is 0.407 e. The Bertz CT molecular complexity index is 665. The van der Waals surface area contributed by atoms with Crippen LogP contribution < -0.4 is 11.1 Å². The van der Waals surface area contributed by atoms with E-state index in [9.17, 15) is 14.8 Å². The van der Waals surface area contributed by atoms with Crippen LogP contribution in [0.4, 0.5) is 10.5 Å². The number of hydrogen-bond donors (Lipinski definition) is 3. The second kappa shape index (κ2) is 9.65. The number of nitrogens with one attached hydrogen (secondary N) is 1. The highest BCUT2D eigenvalue weighted by molar-refractivity contribution is 6.04. The Labute approximate surface area is 153 Å². The summed E-state index contributed by atoms with van der Waals surface area (Å²) < 4.78 is 10.1. The van der Waals surface area contributed by atoms with Crippen molar-refractivity contribution in [2.75, 3.05) is 18.9 Å². The number of anilines is 1. The van der Waals surface area contributed by atoms with Gasteiger partial charge < -0.3 is 25.7 Å². The highest BCUT2D eigenvalue weighted by Gasteiger charge is 2.17. The zero-order valence-corrected chi connectivity index (χ0v) is 15.7. The van der Waals surface area contributed by atoms with Gasteiger partial charge in [-0.3, -0.25) is 4.79 Å². The number of alkyl carbamates (subject to hydrolysis) is 1. The molecule has 8 heteroatoms. The third-order valence-corrected chi connectivity index (χ3v) is 3.23. The average molecular weight is 365 g/mol. The third-order valence-electron chi connectivity index (χ3n) is 3.23. The molecule has 1 aromatic carbocycles. The average Bonchev–Trinajstić information content (AvgIpc) is 2.52. The van der Waals surface area contributed by atoms with Crippen LogP contribution in [0.25, 0.3) is 0 Å². The second-order valence-electron chi connectivity index (χ2n) is 6.63. The molecule has 0 fully saturated rings. The van der Waals surface area contributed by atoms with Gasteiger partial charge >= 0.3 is 12.1 Å². The molecule has 26 heavy (non-hydrogen) atoms. The second-order valence-corrected chi connectivity index (χ2v) is 6.63. The molecule has 0 saturated carbocycles. The minimum absolute atomic E-state index is 0.0932. The summed E-state index contributed by atoms with van der Waals surface area (Å²) in [5, 5.41) is 15.2. The van der Waals surface area contributed by atoms with E-state index in [1.807, 2.05) is 0 Å². The topological polar surface area (TPSA) is 123 Å². The van der Waals surface area contributed by atoms with Gasteiger partial charge in [-0.25, -0.2) is 4.79 Å². The zero-order chi connectivity index (χ0) is 19.7. The van der Waals surface area contributed by atoms with Crippen molar-refractivity contribution >= 4 is 23.5 Å². The summed E-state index contributed by atoms with van der Waals surface area (Å²) in [6.45, 7) is 7.55. The number of nitrogens with two attached hydrogens (primary N) is 1. The lowest BCUT2D eigenvalue weighted by Gasteiger charge is -2.19. The van der Waals surface area contributed by atoms with Crippen molar-refractivity contribution in [3.05, 3.63) is 29.3 Å². The van der Waals surface area contributed by atoms with Gasteiger partial charge in [0.05, 0.1) is 18.7 Å². The lowest BCUT2D eigenvalue weighted by Crippen LogP contribution is -2.33. The zero-order valence-electron chi connectivity index (χ0n) is 15.7. The van der Waals surface area contributed by atoms with Crippen LogP contribution in [0, 0.1) is 0 Å². The number of oxime groups is 1. The Kier molecular flexibility index (Phi) is 7.89. The summed E-state index contributed by atoms with van der Waals surface area (Å²) in [6, 6.07) is 5.02. The number of hydrogen-bond acceptors (Lipinski definition) is 7. The SMILES string of the molecule is CCOC(=O)Cc1ccc(N)c(C(CCNC(=O)OC(C)(C)C)=NO)c1. The number of nitrogens with zero attached hydrogens (tertiary/aromatic N) is 1. The van der Waals surface area contributed by atoms with Crippen LogP contribution in [-0.2, 0) is 20.7 Å². The van der Waals surface area contributed by atoms with E-state index < -0.39 is 11.7 Å². The molecular weight excluding hydrogens is 338 g/mol. The van der Waals surface area contributed by atoms with Gasteiger partial charge in [0.1, 0.15) is 5.60 Å². The highest BCUT2D eigenvalue weighted by Crippen LogP contribution is 2.18. The molecule has 1 rings (SSSR count). The van der Waals surface area contributed by atoms with Crippen molar-refractivity contribution in [2.24, 2.45) is 5.16 Å². The molecule has 0 saturated heterocycles. The van der Waals surface area contributed by atoms with Crippen molar-refractivity contribution < 1.29 is 24.3 Å². The monoisotopic (exact) mass is 365 g/mol. The Morgan fingerprint density at radius 2 is 2.00 bits per heavy atom. The number of esters is 1. The summed E-state index contributed by atoms with van der Waals surface area (Å²) in [7, 11) is 0. The summed E-state index contributed by atoms with van der Waals surface area (Å²) in [6.07, 6.45) is -0.225. The largest absolute Gasteiger partial charge is 0.466 e. The molecule has 1 aromatic rings. The third kappa shape index (κ3) is 7.42. The minimum atomic E-state index is -0.593. The van der Waals surface area contributed by atoms with E-state index >= 15 is 0 Å². The number of carbonyl (C=O) groups excluding carboxylic acids is 2.